The van der Waals surface area contributed by atoms with Crippen LogP contribution in [0.3, 0.4) is 0 Å². The maximum absolute atomic E-state index is 15.3. The Morgan fingerprint density at radius 2 is 2.17 bits per heavy atom. The second-order valence-corrected chi connectivity index (χ2v) is 8.19. The molecule has 4 rings (SSSR count). The normalized spacial score (nSPS) is 20.7. The summed E-state index contributed by atoms with van der Waals surface area (Å²) in [4.78, 5) is 26.1. The second-order valence-electron chi connectivity index (χ2n) is 7.73. The van der Waals surface area contributed by atoms with Crippen molar-refractivity contribution in [3.8, 4) is 5.75 Å². The van der Waals surface area contributed by atoms with Crippen LogP contribution >= 0.6 is 11.6 Å². The average molecular weight is 436 g/mol. The van der Waals surface area contributed by atoms with Gasteiger partial charge in [0.25, 0.3) is 0 Å². The first-order valence-electron chi connectivity index (χ1n) is 9.92. The van der Waals surface area contributed by atoms with Gasteiger partial charge in [-0.2, -0.15) is 0 Å². The molecule has 1 aromatic heterocycles. The molecule has 160 valence electrons. The monoisotopic (exact) mass is 435 g/mol. The molecule has 0 radical (unpaired) electrons. The zero-order valence-electron chi connectivity index (χ0n) is 16.6. The van der Waals surface area contributed by atoms with E-state index in [1.165, 1.54) is 6.20 Å². The van der Waals surface area contributed by atoms with E-state index in [1.54, 1.807) is 4.57 Å². The van der Waals surface area contributed by atoms with Crippen LogP contribution < -0.4 is 20.8 Å². The number of benzene rings is 1. The number of carboxylic acid groups (broad SMARTS) is 1. The Morgan fingerprint density at radius 1 is 1.40 bits per heavy atom. The van der Waals surface area contributed by atoms with Crippen molar-refractivity contribution in [2.24, 2.45) is 5.73 Å². The molecule has 1 saturated heterocycles. The van der Waals surface area contributed by atoms with Gasteiger partial charge in [0.2, 0.25) is 5.43 Å². The van der Waals surface area contributed by atoms with E-state index in [9.17, 15) is 14.7 Å². The summed E-state index contributed by atoms with van der Waals surface area (Å²) >= 11 is 6.23. The standard InChI is InChI=1S/C21H23ClFN3O4/c1-11-10-30-20-17-13(19(27)14(21(28)29)9-26(11)17)7-16(23)18(20)25-5-2-3-12(4-6-25)15(22)8-24/h7,9,11H,2-6,8,10,24H2,1H3,(H,28,29)/t11-/m0/s1. The molecule has 0 spiro atoms. The van der Waals surface area contributed by atoms with Crippen LogP contribution in [-0.4, -0.2) is 41.9 Å². The van der Waals surface area contributed by atoms with Gasteiger partial charge in [0, 0.05) is 30.9 Å². The van der Waals surface area contributed by atoms with Gasteiger partial charge in [0.15, 0.2) is 11.6 Å². The lowest BCUT2D eigenvalue weighted by atomic mass is 10.1. The number of hydrogen-bond donors (Lipinski definition) is 2. The molecule has 9 heteroatoms. The van der Waals surface area contributed by atoms with Crippen LogP contribution in [0.25, 0.3) is 10.9 Å². The van der Waals surface area contributed by atoms with E-state index >= 15 is 4.39 Å². The lowest BCUT2D eigenvalue weighted by Crippen LogP contribution is -2.30. The molecule has 2 aliphatic rings. The van der Waals surface area contributed by atoms with Gasteiger partial charge in [-0.05, 0) is 32.3 Å². The van der Waals surface area contributed by atoms with Crippen LogP contribution in [0.4, 0.5) is 10.1 Å². The molecule has 3 heterocycles. The fourth-order valence-corrected chi connectivity index (χ4v) is 4.48. The Kier molecular flexibility index (Phi) is 5.46. The van der Waals surface area contributed by atoms with Crippen LogP contribution in [-0.2, 0) is 0 Å². The van der Waals surface area contributed by atoms with E-state index in [1.807, 2.05) is 11.8 Å². The topological polar surface area (TPSA) is 97.8 Å². The maximum atomic E-state index is 15.3. The first kappa shape index (κ1) is 20.7. The molecular weight excluding hydrogens is 413 g/mol. The van der Waals surface area contributed by atoms with Crippen molar-refractivity contribution in [1.29, 1.82) is 0 Å². The highest BCUT2D eigenvalue weighted by Gasteiger charge is 2.30. The first-order chi connectivity index (χ1) is 14.3. The highest BCUT2D eigenvalue weighted by molar-refractivity contribution is 6.30. The van der Waals surface area contributed by atoms with Crippen molar-refractivity contribution in [3.05, 3.63) is 44.5 Å². The summed E-state index contributed by atoms with van der Waals surface area (Å²) in [5, 5.41) is 10.1. The number of halogens is 2. The van der Waals surface area contributed by atoms with Crippen molar-refractivity contribution in [2.75, 3.05) is 31.1 Å². The zero-order chi connectivity index (χ0) is 21.6. The number of aromatic nitrogens is 1. The van der Waals surface area contributed by atoms with Crippen LogP contribution in [0.5, 0.6) is 5.75 Å². The lowest BCUT2D eigenvalue weighted by Gasteiger charge is -2.32. The summed E-state index contributed by atoms with van der Waals surface area (Å²) < 4.78 is 22.9. The van der Waals surface area contributed by atoms with Crippen LogP contribution in [0, 0.1) is 5.82 Å². The van der Waals surface area contributed by atoms with E-state index in [4.69, 9.17) is 22.1 Å². The molecule has 2 aliphatic heterocycles. The van der Waals surface area contributed by atoms with E-state index < -0.39 is 17.2 Å². The number of anilines is 1. The second kappa shape index (κ2) is 7.92. The number of nitrogens with zero attached hydrogens (tertiary/aromatic N) is 2. The van der Waals surface area contributed by atoms with Crippen LogP contribution in [0.1, 0.15) is 42.6 Å². The molecular formula is C21H23ClFN3O4. The number of ether oxygens (including phenoxy) is 1. The number of aromatic carboxylic acids is 1. The fourth-order valence-electron chi connectivity index (χ4n) is 4.29. The molecule has 0 amide bonds. The van der Waals surface area contributed by atoms with Crippen molar-refractivity contribution in [3.63, 3.8) is 0 Å². The van der Waals surface area contributed by atoms with E-state index in [0.29, 0.717) is 35.7 Å². The zero-order valence-corrected chi connectivity index (χ0v) is 17.3. The quantitative estimate of drug-likeness (QED) is 0.768. The van der Waals surface area contributed by atoms with Gasteiger partial charge >= 0.3 is 5.97 Å². The Bertz CT molecular complexity index is 1130. The summed E-state index contributed by atoms with van der Waals surface area (Å²) in [7, 11) is 0. The minimum Gasteiger partial charge on any atom is -0.487 e. The summed E-state index contributed by atoms with van der Waals surface area (Å²) in [6.45, 7) is 3.53. The maximum Gasteiger partial charge on any atom is 0.341 e. The van der Waals surface area contributed by atoms with Gasteiger partial charge in [-0.3, -0.25) is 4.79 Å². The van der Waals surface area contributed by atoms with E-state index in [0.717, 1.165) is 24.5 Å². The number of hydrogen-bond acceptors (Lipinski definition) is 5. The molecule has 2 aromatic rings. The molecule has 0 aliphatic carbocycles. The predicted octanol–water partition coefficient (Wildman–Crippen LogP) is 3.23. The van der Waals surface area contributed by atoms with Gasteiger partial charge < -0.3 is 25.0 Å². The summed E-state index contributed by atoms with van der Waals surface area (Å²) in [5.41, 5.74) is 6.38. The third kappa shape index (κ3) is 3.33. The molecule has 1 atom stereocenters. The van der Waals surface area contributed by atoms with Crippen LogP contribution in [0.2, 0.25) is 0 Å². The largest absolute Gasteiger partial charge is 0.487 e. The minimum absolute atomic E-state index is 0.0132. The third-order valence-corrected chi connectivity index (χ3v) is 6.26. The molecule has 0 saturated carbocycles. The lowest BCUT2D eigenvalue weighted by molar-refractivity contribution is 0.0694. The van der Waals surface area contributed by atoms with Gasteiger partial charge in [0.05, 0.1) is 16.9 Å². The molecule has 7 nitrogen and oxygen atoms in total. The highest BCUT2D eigenvalue weighted by Crippen LogP contribution is 2.42. The van der Waals surface area contributed by atoms with Crippen molar-refractivity contribution < 1.29 is 19.0 Å². The number of pyridine rings is 1. The molecule has 0 bridgehead atoms. The van der Waals surface area contributed by atoms with Gasteiger partial charge in [-0.15, -0.1) is 0 Å². The number of nitrogens with two attached hydrogens (primary N) is 1. The Morgan fingerprint density at radius 3 is 2.87 bits per heavy atom. The van der Waals surface area contributed by atoms with Gasteiger partial charge in [-0.25, -0.2) is 9.18 Å². The van der Waals surface area contributed by atoms with Gasteiger partial charge in [0.1, 0.15) is 17.9 Å². The number of rotatable bonds is 3. The molecule has 0 unspecified atom stereocenters. The van der Waals surface area contributed by atoms with Crippen molar-refractivity contribution in [1.82, 2.24) is 4.57 Å². The Balaban J connectivity index is 1.89. The summed E-state index contributed by atoms with van der Waals surface area (Å²) in [6.07, 6.45) is 3.56. The molecule has 1 fully saturated rings. The Hall–Kier alpha value is -2.58. The minimum atomic E-state index is -1.33. The molecule has 30 heavy (non-hydrogen) atoms. The van der Waals surface area contributed by atoms with Gasteiger partial charge in [-0.1, -0.05) is 17.2 Å². The molecule has 3 N–H and O–H groups in total. The van der Waals surface area contributed by atoms with Crippen molar-refractivity contribution >= 4 is 34.2 Å². The molecule has 1 aromatic carbocycles. The fraction of sp³-hybridized carbons (Fsp3) is 0.429. The summed E-state index contributed by atoms with van der Waals surface area (Å²) in [5.74, 6) is -1.65. The first-order valence-corrected chi connectivity index (χ1v) is 10.3. The van der Waals surface area contributed by atoms with Crippen molar-refractivity contribution in [2.45, 2.75) is 32.2 Å². The average Bonchev–Trinajstić information content (AvgIpc) is 2.97. The highest BCUT2D eigenvalue weighted by atomic mass is 35.5. The van der Waals surface area contributed by atoms with E-state index in [-0.39, 0.29) is 35.9 Å². The third-order valence-electron chi connectivity index (χ3n) is 5.84. The Labute approximate surface area is 177 Å². The SMILES string of the molecule is C[C@H]1COc2c(N3CCCC(=C(Cl)CN)CC3)c(F)cc3c(=O)c(C(=O)O)cn1c23. The smallest absolute Gasteiger partial charge is 0.341 e. The van der Waals surface area contributed by atoms with Crippen LogP contribution in [0.15, 0.2) is 27.7 Å². The summed E-state index contributed by atoms with van der Waals surface area (Å²) in [6, 6.07) is 0.939. The predicted molar refractivity (Wildman–Crippen MR) is 113 cm³/mol. The van der Waals surface area contributed by atoms with E-state index in [2.05, 4.69) is 0 Å². The number of carbonyl (C=O) groups is 1. The number of carboxylic acids is 1.